The van der Waals surface area contributed by atoms with Crippen LogP contribution in [0.1, 0.15) is 37.7 Å². The van der Waals surface area contributed by atoms with Gasteiger partial charge in [0.1, 0.15) is 11.9 Å². The molecule has 2 aromatic rings. The molecule has 3 heterocycles. The zero-order chi connectivity index (χ0) is 16.9. The van der Waals surface area contributed by atoms with E-state index in [0.717, 1.165) is 37.9 Å². The molecule has 2 aliphatic rings. The third-order valence-corrected chi connectivity index (χ3v) is 5.12. The molecule has 0 unspecified atom stereocenters. The molecule has 1 atom stereocenters. The summed E-state index contributed by atoms with van der Waals surface area (Å²) >= 11 is 0. The number of hydrogen-bond donors (Lipinski definition) is 2. The molecular formula is C19H27N5O. The number of anilines is 1. The SMILES string of the molecule is c1cc2n(n1)C[C@H](CNCc1ccc(OC3CCCCC3)nc1)CN2. The Morgan fingerprint density at radius 1 is 1.20 bits per heavy atom. The Morgan fingerprint density at radius 2 is 2.12 bits per heavy atom. The Balaban J connectivity index is 1.21. The van der Waals surface area contributed by atoms with Crippen molar-refractivity contribution in [2.75, 3.05) is 18.4 Å². The average molecular weight is 341 g/mol. The van der Waals surface area contributed by atoms with Crippen molar-refractivity contribution in [3.05, 3.63) is 36.2 Å². The maximum absolute atomic E-state index is 5.99. The van der Waals surface area contributed by atoms with Crippen LogP contribution in [-0.4, -0.2) is 34.0 Å². The van der Waals surface area contributed by atoms with Gasteiger partial charge < -0.3 is 15.4 Å². The Kier molecular flexibility index (Phi) is 5.16. The van der Waals surface area contributed by atoms with Crippen molar-refractivity contribution in [3.63, 3.8) is 0 Å². The molecule has 6 heteroatoms. The zero-order valence-electron chi connectivity index (χ0n) is 14.7. The van der Waals surface area contributed by atoms with Gasteiger partial charge in [-0.15, -0.1) is 0 Å². The van der Waals surface area contributed by atoms with Gasteiger partial charge in [0.2, 0.25) is 5.88 Å². The van der Waals surface area contributed by atoms with Crippen molar-refractivity contribution in [1.82, 2.24) is 20.1 Å². The van der Waals surface area contributed by atoms with E-state index in [-0.39, 0.29) is 0 Å². The van der Waals surface area contributed by atoms with E-state index in [9.17, 15) is 0 Å². The molecule has 1 fully saturated rings. The normalized spacial score (nSPS) is 20.7. The lowest BCUT2D eigenvalue weighted by Gasteiger charge is -2.25. The van der Waals surface area contributed by atoms with Gasteiger partial charge in [0.05, 0.1) is 6.20 Å². The summed E-state index contributed by atoms with van der Waals surface area (Å²) in [7, 11) is 0. The number of nitrogens with one attached hydrogen (secondary N) is 2. The van der Waals surface area contributed by atoms with Crippen LogP contribution in [0.3, 0.4) is 0 Å². The highest BCUT2D eigenvalue weighted by atomic mass is 16.5. The van der Waals surface area contributed by atoms with Crippen molar-refractivity contribution in [2.45, 2.75) is 51.3 Å². The van der Waals surface area contributed by atoms with Crippen LogP contribution in [0.5, 0.6) is 5.88 Å². The summed E-state index contributed by atoms with van der Waals surface area (Å²) in [5.74, 6) is 2.43. The Hall–Kier alpha value is -2.08. The summed E-state index contributed by atoms with van der Waals surface area (Å²) in [6.45, 7) is 3.76. The fraction of sp³-hybridized carbons (Fsp3) is 0.579. The predicted molar refractivity (Wildman–Crippen MR) is 97.7 cm³/mol. The summed E-state index contributed by atoms with van der Waals surface area (Å²) in [6, 6.07) is 6.14. The van der Waals surface area contributed by atoms with Gasteiger partial charge in [-0.05, 0) is 31.2 Å². The molecule has 25 heavy (non-hydrogen) atoms. The van der Waals surface area contributed by atoms with Crippen LogP contribution >= 0.6 is 0 Å². The minimum atomic E-state index is 0.358. The third kappa shape index (κ3) is 4.31. The van der Waals surface area contributed by atoms with Gasteiger partial charge in [-0.2, -0.15) is 5.10 Å². The second-order valence-electron chi connectivity index (χ2n) is 7.16. The number of pyridine rings is 1. The number of hydrogen-bond acceptors (Lipinski definition) is 5. The highest BCUT2D eigenvalue weighted by Gasteiger charge is 2.18. The highest BCUT2D eigenvalue weighted by molar-refractivity contribution is 5.35. The van der Waals surface area contributed by atoms with E-state index in [2.05, 4.69) is 26.8 Å². The van der Waals surface area contributed by atoms with Crippen LogP contribution < -0.4 is 15.4 Å². The first-order valence-electron chi connectivity index (χ1n) is 9.45. The minimum absolute atomic E-state index is 0.358. The Morgan fingerprint density at radius 3 is 2.96 bits per heavy atom. The second-order valence-corrected chi connectivity index (χ2v) is 7.16. The van der Waals surface area contributed by atoms with Crippen molar-refractivity contribution >= 4 is 5.82 Å². The van der Waals surface area contributed by atoms with Crippen LogP contribution in [0, 0.1) is 5.92 Å². The Labute approximate surface area is 149 Å². The van der Waals surface area contributed by atoms with Gasteiger partial charge in [0.25, 0.3) is 0 Å². The smallest absolute Gasteiger partial charge is 0.213 e. The van der Waals surface area contributed by atoms with Gasteiger partial charge in [-0.1, -0.05) is 12.5 Å². The quantitative estimate of drug-likeness (QED) is 0.846. The predicted octanol–water partition coefficient (Wildman–Crippen LogP) is 2.82. The van der Waals surface area contributed by atoms with Crippen LogP contribution in [0.25, 0.3) is 0 Å². The molecule has 0 spiro atoms. The van der Waals surface area contributed by atoms with Gasteiger partial charge in [0.15, 0.2) is 0 Å². The lowest BCUT2D eigenvalue weighted by molar-refractivity contribution is 0.148. The number of rotatable bonds is 6. The lowest BCUT2D eigenvalue weighted by Crippen LogP contribution is -2.35. The fourth-order valence-electron chi connectivity index (χ4n) is 3.68. The van der Waals surface area contributed by atoms with Crippen LogP contribution in [0.15, 0.2) is 30.6 Å². The van der Waals surface area contributed by atoms with E-state index >= 15 is 0 Å². The van der Waals surface area contributed by atoms with E-state index in [4.69, 9.17) is 4.74 Å². The molecule has 1 aliphatic carbocycles. The molecule has 1 saturated carbocycles. The monoisotopic (exact) mass is 341 g/mol. The van der Waals surface area contributed by atoms with Crippen molar-refractivity contribution in [3.8, 4) is 5.88 Å². The maximum atomic E-state index is 5.99. The topological polar surface area (TPSA) is 64.0 Å². The lowest BCUT2D eigenvalue weighted by atomic mass is 9.98. The molecule has 134 valence electrons. The molecular weight excluding hydrogens is 314 g/mol. The van der Waals surface area contributed by atoms with E-state index in [1.165, 1.54) is 37.7 Å². The average Bonchev–Trinajstić information content (AvgIpc) is 3.12. The minimum Gasteiger partial charge on any atom is -0.474 e. The summed E-state index contributed by atoms with van der Waals surface area (Å²) < 4.78 is 8.02. The first-order chi connectivity index (χ1) is 12.4. The highest BCUT2D eigenvalue weighted by Crippen LogP contribution is 2.22. The molecule has 2 aromatic heterocycles. The fourth-order valence-corrected chi connectivity index (χ4v) is 3.68. The van der Waals surface area contributed by atoms with Crippen molar-refractivity contribution < 1.29 is 4.74 Å². The van der Waals surface area contributed by atoms with Crippen molar-refractivity contribution in [1.29, 1.82) is 0 Å². The summed E-state index contributed by atoms with van der Waals surface area (Å²) in [4.78, 5) is 4.47. The number of nitrogens with zero attached hydrogens (tertiary/aromatic N) is 3. The first kappa shape index (κ1) is 16.4. The van der Waals surface area contributed by atoms with E-state index < -0.39 is 0 Å². The van der Waals surface area contributed by atoms with Gasteiger partial charge in [0, 0.05) is 50.4 Å². The molecule has 6 nitrogen and oxygen atoms in total. The molecule has 0 saturated heterocycles. The molecule has 4 rings (SSSR count). The standard InChI is InChI=1S/C19H27N5O/c1-2-4-17(5-3-1)25-19-7-6-15(12-22-19)10-20-11-16-13-21-18-8-9-23-24(18)14-16/h6-9,12,16-17,20-21H,1-5,10-11,13-14H2/t16-/m1/s1. The van der Waals surface area contributed by atoms with Crippen LogP contribution in [0.4, 0.5) is 5.82 Å². The largest absolute Gasteiger partial charge is 0.474 e. The second kappa shape index (κ2) is 7.87. The molecule has 0 bridgehead atoms. The number of aromatic nitrogens is 3. The molecule has 0 aromatic carbocycles. The Bertz CT molecular complexity index is 663. The van der Waals surface area contributed by atoms with Gasteiger partial charge >= 0.3 is 0 Å². The van der Waals surface area contributed by atoms with Crippen LogP contribution in [0.2, 0.25) is 0 Å². The summed E-state index contributed by atoms with van der Waals surface area (Å²) in [5, 5.41) is 11.3. The molecule has 1 aliphatic heterocycles. The molecule has 0 radical (unpaired) electrons. The summed E-state index contributed by atoms with van der Waals surface area (Å²) in [6.07, 6.45) is 10.4. The molecule has 2 N–H and O–H groups in total. The van der Waals surface area contributed by atoms with Crippen LogP contribution in [-0.2, 0) is 13.1 Å². The van der Waals surface area contributed by atoms with Gasteiger partial charge in [-0.25, -0.2) is 9.67 Å². The third-order valence-electron chi connectivity index (χ3n) is 5.12. The van der Waals surface area contributed by atoms with E-state index in [1.807, 2.05) is 29.2 Å². The molecule has 0 amide bonds. The summed E-state index contributed by atoms with van der Waals surface area (Å²) in [5.41, 5.74) is 1.19. The van der Waals surface area contributed by atoms with E-state index in [1.54, 1.807) is 0 Å². The van der Waals surface area contributed by atoms with Gasteiger partial charge in [-0.3, -0.25) is 0 Å². The maximum Gasteiger partial charge on any atom is 0.213 e. The first-order valence-corrected chi connectivity index (χ1v) is 9.45. The number of fused-ring (bicyclic) bond motifs is 1. The zero-order valence-corrected chi connectivity index (χ0v) is 14.7. The van der Waals surface area contributed by atoms with E-state index in [0.29, 0.717) is 12.0 Å². The van der Waals surface area contributed by atoms with Crippen molar-refractivity contribution in [2.24, 2.45) is 5.92 Å². The number of ether oxygens (including phenoxy) is 1.